The van der Waals surface area contributed by atoms with Gasteiger partial charge in [0.1, 0.15) is 5.82 Å². The molecule has 2 aromatic carbocycles. The third-order valence-electron chi connectivity index (χ3n) is 5.56. The number of rotatable bonds is 3. The molecule has 2 aliphatic heterocycles. The molecule has 5 rings (SSSR count). The molecule has 0 unspecified atom stereocenters. The molecule has 1 spiro atoms. The van der Waals surface area contributed by atoms with Crippen LogP contribution in [0.25, 0.3) is 10.9 Å². The van der Waals surface area contributed by atoms with Crippen molar-refractivity contribution >= 4 is 51.3 Å². The number of fused-ring (bicyclic) bond motifs is 1. The van der Waals surface area contributed by atoms with Gasteiger partial charge in [0, 0.05) is 60.4 Å². The van der Waals surface area contributed by atoms with E-state index in [1.807, 2.05) is 30.1 Å². The molecule has 2 aliphatic rings. The zero-order valence-corrected chi connectivity index (χ0v) is 16.4. The molecule has 0 radical (unpaired) electrons. The monoisotopic (exact) mass is 399 g/mol. The van der Waals surface area contributed by atoms with E-state index < -0.39 is 0 Å². The van der Waals surface area contributed by atoms with Crippen LogP contribution in [0.1, 0.15) is 0 Å². The molecule has 0 saturated carbocycles. The number of nitrogens with zero attached hydrogens (tertiary/aromatic N) is 4. The summed E-state index contributed by atoms with van der Waals surface area (Å²) in [5, 5.41) is 5.14. The standard InChI is InChI=1S/C20H19Cl2N5/c1-26(18-16-6-5-13(21)7-17(16)24-19(22)25-18)14-3-2-4-15(8-14)27-11-20(12-27)9-23-10-20/h2-8,23H,9-12H2,1H3. The summed E-state index contributed by atoms with van der Waals surface area (Å²) >= 11 is 12.3. The first-order valence-electron chi connectivity index (χ1n) is 8.95. The minimum absolute atomic E-state index is 0.213. The van der Waals surface area contributed by atoms with E-state index in [9.17, 15) is 0 Å². The second-order valence-corrected chi connectivity index (χ2v) is 8.29. The number of aromatic nitrogens is 2. The van der Waals surface area contributed by atoms with Gasteiger partial charge in [-0.3, -0.25) is 0 Å². The molecule has 0 atom stereocenters. The van der Waals surface area contributed by atoms with Crippen molar-refractivity contribution in [2.24, 2.45) is 5.41 Å². The number of nitrogens with one attached hydrogen (secondary N) is 1. The van der Waals surface area contributed by atoms with E-state index in [0.29, 0.717) is 10.4 Å². The van der Waals surface area contributed by atoms with Crippen LogP contribution in [-0.2, 0) is 0 Å². The summed E-state index contributed by atoms with van der Waals surface area (Å²) in [6, 6.07) is 14.1. The summed E-state index contributed by atoms with van der Waals surface area (Å²) in [6.07, 6.45) is 0. The first kappa shape index (κ1) is 17.0. The maximum atomic E-state index is 6.17. The van der Waals surface area contributed by atoms with Crippen LogP contribution < -0.4 is 15.1 Å². The SMILES string of the molecule is CN(c1cccc(N2CC3(CNC3)C2)c1)c1nc(Cl)nc2cc(Cl)ccc12. The van der Waals surface area contributed by atoms with Crippen molar-refractivity contribution in [3.05, 3.63) is 52.8 Å². The zero-order valence-electron chi connectivity index (χ0n) is 14.9. The van der Waals surface area contributed by atoms with Crippen molar-refractivity contribution in [2.45, 2.75) is 0 Å². The molecule has 5 nitrogen and oxygen atoms in total. The maximum absolute atomic E-state index is 6.17. The van der Waals surface area contributed by atoms with E-state index in [2.05, 4.69) is 44.5 Å². The molecule has 27 heavy (non-hydrogen) atoms. The number of hydrogen-bond acceptors (Lipinski definition) is 5. The van der Waals surface area contributed by atoms with Crippen LogP contribution in [0.5, 0.6) is 0 Å². The Morgan fingerprint density at radius 1 is 1.07 bits per heavy atom. The van der Waals surface area contributed by atoms with E-state index in [1.165, 1.54) is 5.69 Å². The topological polar surface area (TPSA) is 44.3 Å². The lowest BCUT2D eigenvalue weighted by molar-refractivity contribution is 0.121. The van der Waals surface area contributed by atoms with Gasteiger partial charge in [0.15, 0.2) is 0 Å². The van der Waals surface area contributed by atoms with Crippen LogP contribution in [0.2, 0.25) is 10.3 Å². The summed E-state index contributed by atoms with van der Waals surface area (Å²) in [5.41, 5.74) is 3.54. The molecule has 2 saturated heterocycles. The van der Waals surface area contributed by atoms with Crippen molar-refractivity contribution in [2.75, 3.05) is 43.0 Å². The highest BCUT2D eigenvalue weighted by Crippen LogP contribution is 2.39. The third-order valence-corrected chi connectivity index (χ3v) is 5.97. The smallest absolute Gasteiger partial charge is 0.224 e. The van der Waals surface area contributed by atoms with Gasteiger partial charge in [0.05, 0.1) is 5.52 Å². The van der Waals surface area contributed by atoms with Gasteiger partial charge >= 0.3 is 0 Å². The maximum Gasteiger partial charge on any atom is 0.224 e. The number of hydrogen-bond donors (Lipinski definition) is 1. The molecule has 0 bridgehead atoms. The Labute approximate surface area is 167 Å². The molecule has 3 aromatic rings. The Bertz CT molecular complexity index is 1020. The lowest BCUT2D eigenvalue weighted by Gasteiger charge is -2.57. The largest absolute Gasteiger partial charge is 0.370 e. The fraction of sp³-hybridized carbons (Fsp3) is 0.300. The van der Waals surface area contributed by atoms with Gasteiger partial charge in [0.25, 0.3) is 0 Å². The average Bonchev–Trinajstić information content (AvgIpc) is 2.58. The highest BCUT2D eigenvalue weighted by molar-refractivity contribution is 6.31. The Morgan fingerprint density at radius 2 is 1.89 bits per heavy atom. The number of halogens is 2. The van der Waals surface area contributed by atoms with Gasteiger partial charge in [-0.05, 0) is 48.0 Å². The highest BCUT2D eigenvalue weighted by Gasteiger charge is 2.47. The molecular formula is C20H19Cl2N5. The predicted molar refractivity (Wildman–Crippen MR) is 112 cm³/mol. The minimum atomic E-state index is 0.213. The summed E-state index contributed by atoms with van der Waals surface area (Å²) in [5.74, 6) is 0.766. The van der Waals surface area contributed by atoms with Gasteiger partial charge < -0.3 is 15.1 Å². The lowest BCUT2D eigenvalue weighted by Crippen LogP contribution is -2.71. The van der Waals surface area contributed by atoms with Crippen LogP contribution in [-0.4, -0.2) is 43.2 Å². The van der Waals surface area contributed by atoms with E-state index >= 15 is 0 Å². The van der Waals surface area contributed by atoms with Gasteiger partial charge in [-0.1, -0.05) is 17.7 Å². The summed E-state index contributed by atoms with van der Waals surface area (Å²) < 4.78 is 0. The number of anilines is 3. The fourth-order valence-corrected chi connectivity index (χ4v) is 4.32. The highest BCUT2D eigenvalue weighted by atomic mass is 35.5. The van der Waals surface area contributed by atoms with Gasteiger partial charge in [-0.2, -0.15) is 4.98 Å². The summed E-state index contributed by atoms with van der Waals surface area (Å²) in [4.78, 5) is 13.3. The Balaban J connectivity index is 1.48. The second-order valence-electron chi connectivity index (χ2n) is 7.52. The quantitative estimate of drug-likeness (QED) is 0.671. The third kappa shape index (κ3) is 2.90. The normalized spacial score (nSPS) is 17.7. The van der Waals surface area contributed by atoms with Crippen molar-refractivity contribution in [1.82, 2.24) is 15.3 Å². The van der Waals surface area contributed by atoms with Gasteiger partial charge in [-0.25, -0.2) is 4.98 Å². The average molecular weight is 400 g/mol. The van der Waals surface area contributed by atoms with Crippen LogP contribution in [0.15, 0.2) is 42.5 Å². The predicted octanol–water partition coefficient (Wildman–Crippen LogP) is 4.11. The fourth-order valence-electron chi connectivity index (χ4n) is 3.98. The van der Waals surface area contributed by atoms with Crippen LogP contribution in [0.4, 0.5) is 17.2 Å². The van der Waals surface area contributed by atoms with Crippen molar-refractivity contribution in [3.8, 4) is 0 Å². The molecular weight excluding hydrogens is 381 g/mol. The Hall–Kier alpha value is -2.08. The molecule has 7 heteroatoms. The minimum Gasteiger partial charge on any atom is -0.370 e. The van der Waals surface area contributed by atoms with Crippen molar-refractivity contribution in [3.63, 3.8) is 0 Å². The Morgan fingerprint density at radius 3 is 2.63 bits per heavy atom. The van der Waals surface area contributed by atoms with E-state index in [0.717, 1.165) is 48.6 Å². The molecule has 3 heterocycles. The van der Waals surface area contributed by atoms with Gasteiger partial charge in [-0.15, -0.1) is 0 Å². The lowest BCUT2D eigenvalue weighted by atomic mass is 9.74. The first-order chi connectivity index (χ1) is 13.0. The summed E-state index contributed by atoms with van der Waals surface area (Å²) in [7, 11) is 2.00. The van der Waals surface area contributed by atoms with Gasteiger partial charge in [0.2, 0.25) is 5.28 Å². The molecule has 0 amide bonds. The van der Waals surface area contributed by atoms with E-state index in [4.69, 9.17) is 23.2 Å². The van der Waals surface area contributed by atoms with Crippen LogP contribution >= 0.6 is 23.2 Å². The van der Waals surface area contributed by atoms with Crippen LogP contribution in [0, 0.1) is 5.41 Å². The van der Waals surface area contributed by atoms with Crippen molar-refractivity contribution < 1.29 is 0 Å². The first-order valence-corrected chi connectivity index (χ1v) is 9.71. The molecule has 1 N–H and O–H groups in total. The molecule has 138 valence electrons. The second kappa shape index (κ2) is 6.23. The van der Waals surface area contributed by atoms with Crippen LogP contribution in [0.3, 0.4) is 0 Å². The molecule has 1 aromatic heterocycles. The molecule has 2 fully saturated rings. The zero-order chi connectivity index (χ0) is 18.6. The van der Waals surface area contributed by atoms with Crippen molar-refractivity contribution in [1.29, 1.82) is 0 Å². The van der Waals surface area contributed by atoms with E-state index in [1.54, 1.807) is 0 Å². The Kier molecular flexibility index (Phi) is 3.93. The number of benzene rings is 2. The summed E-state index contributed by atoms with van der Waals surface area (Å²) in [6.45, 7) is 4.51. The molecule has 0 aliphatic carbocycles. The van der Waals surface area contributed by atoms with E-state index in [-0.39, 0.29) is 5.28 Å².